The van der Waals surface area contributed by atoms with E-state index in [2.05, 4.69) is 4.98 Å². The monoisotopic (exact) mass is 375 g/mol. The van der Waals surface area contributed by atoms with Crippen molar-refractivity contribution >= 4 is 40.8 Å². The van der Waals surface area contributed by atoms with E-state index in [4.69, 9.17) is 11.6 Å². The summed E-state index contributed by atoms with van der Waals surface area (Å²) in [5.41, 5.74) is 1.37. The summed E-state index contributed by atoms with van der Waals surface area (Å²) < 4.78 is 0. The number of hydrogen-bond donors (Lipinski definition) is 0. The number of carbonyl (C=O) groups is 2. The number of hydrogen-bond acceptors (Lipinski definition) is 4. The number of piperazine rings is 1. The molecule has 0 radical (unpaired) electrons. The van der Waals surface area contributed by atoms with E-state index in [0.717, 1.165) is 10.7 Å². The molecule has 1 fully saturated rings. The predicted molar refractivity (Wildman–Crippen MR) is 99.8 cm³/mol. The lowest BCUT2D eigenvalue weighted by Crippen LogP contribution is -2.50. The average Bonchev–Trinajstić information content (AvgIpc) is 3.04. The summed E-state index contributed by atoms with van der Waals surface area (Å²) in [4.78, 5) is 32.5. The van der Waals surface area contributed by atoms with Crippen LogP contribution in [0.3, 0.4) is 0 Å². The summed E-state index contributed by atoms with van der Waals surface area (Å²) in [7, 11) is 0. The second-order valence-electron chi connectivity index (χ2n) is 5.75. The first-order valence-corrected chi connectivity index (χ1v) is 9.22. The maximum atomic E-state index is 12.5. The van der Waals surface area contributed by atoms with Crippen molar-refractivity contribution in [1.29, 1.82) is 0 Å². The van der Waals surface area contributed by atoms with Gasteiger partial charge in [-0.25, -0.2) is 4.98 Å². The van der Waals surface area contributed by atoms with Gasteiger partial charge in [0, 0.05) is 48.2 Å². The zero-order chi connectivity index (χ0) is 17.8. The molecule has 1 aliphatic heterocycles. The Morgan fingerprint density at radius 3 is 2.56 bits per heavy atom. The Hall–Kier alpha value is -2.18. The zero-order valence-corrected chi connectivity index (χ0v) is 15.4. The molecule has 0 aliphatic carbocycles. The van der Waals surface area contributed by atoms with Gasteiger partial charge in [0.25, 0.3) is 5.91 Å². The number of amides is 2. The minimum atomic E-state index is -0.0551. The zero-order valence-electron chi connectivity index (χ0n) is 13.8. The van der Waals surface area contributed by atoms with E-state index < -0.39 is 0 Å². The van der Waals surface area contributed by atoms with Gasteiger partial charge in [-0.3, -0.25) is 9.59 Å². The minimum absolute atomic E-state index is 0.0527. The van der Waals surface area contributed by atoms with Crippen LogP contribution in [-0.2, 0) is 4.79 Å². The number of aryl methyl sites for hydroxylation is 1. The summed E-state index contributed by atoms with van der Waals surface area (Å²) in [6.45, 7) is 4.00. The highest BCUT2D eigenvalue weighted by atomic mass is 35.5. The Morgan fingerprint density at radius 2 is 1.92 bits per heavy atom. The van der Waals surface area contributed by atoms with Crippen LogP contribution >= 0.6 is 22.9 Å². The molecule has 0 spiro atoms. The number of thiazole rings is 1. The molecule has 1 aromatic heterocycles. The topological polar surface area (TPSA) is 53.5 Å². The molecule has 0 N–H and O–H groups in total. The van der Waals surface area contributed by atoms with Gasteiger partial charge in [0.05, 0.1) is 10.7 Å². The van der Waals surface area contributed by atoms with Crippen LogP contribution in [0, 0.1) is 6.92 Å². The Bertz CT molecular complexity index is 810. The van der Waals surface area contributed by atoms with Gasteiger partial charge < -0.3 is 9.80 Å². The molecule has 0 bridgehead atoms. The SMILES string of the molecule is Cc1nc(/C=C/C(=O)N2CCN(C(=O)c3cccc(Cl)c3)CC2)cs1. The van der Waals surface area contributed by atoms with Gasteiger partial charge in [-0.15, -0.1) is 11.3 Å². The molecule has 2 amide bonds. The maximum Gasteiger partial charge on any atom is 0.254 e. The molecule has 130 valence electrons. The third-order valence-electron chi connectivity index (χ3n) is 3.98. The normalized spacial score (nSPS) is 15.0. The van der Waals surface area contributed by atoms with Crippen molar-refractivity contribution in [3.8, 4) is 0 Å². The number of carbonyl (C=O) groups excluding carboxylic acids is 2. The fraction of sp³-hybridized carbons (Fsp3) is 0.278. The summed E-state index contributed by atoms with van der Waals surface area (Å²) in [5, 5.41) is 3.43. The third-order valence-corrected chi connectivity index (χ3v) is 5.01. The third kappa shape index (κ3) is 4.46. The molecule has 7 heteroatoms. The standard InChI is InChI=1S/C18H18ClN3O2S/c1-13-20-16(12-25-13)5-6-17(23)21-7-9-22(10-8-21)18(24)14-3-2-4-15(19)11-14/h2-6,11-12H,7-10H2,1H3/b6-5+. The van der Waals surface area contributed by atoms with E-state index in [1.54, 1.807) is 57.6 Å². The van der Waals surface area contributed by atoms with E-state index >= 15 is 0 Å². The molecule has 2 aromatic rings. The molecule has 1 saturated heterocycles. The van der Waals surface area contributed by atoms with Gasteiger partial charge in [0.2, 0.25) is 5.91 Å². The van der Waals surface area contributed by atoms with Gasteiger partial charge in [0.1, 0.15) is 0 Å². The van der Waals surface area contributed by atoms with Crippen molar-refractivity contribution in [2.24, 2.45) is 0 Å². The average molecular weight is 376 g/mol. The van der Waals surface area contributed by atoms with Gasteiger partial charge in [-0.05, 0) is 31.2 Å². The molecule has 25 heavy (non-hydrogen) atoms. The highest BCUT2D eigenvalue weighted by Gasteiger charge is 2.24. The molecule has 2 heterocycles. The molecule has 3 rings (SSSR count). The van der Waals surface area contributed by atoms with Crippen LogP contribution in [0.4, 0.5) is 0 Å². The number of rotatable bonds is 3. The summed E-state index contributed by atoms with van der Waals surface area (Å²) in [5.74, 6) is -0.108. The number of nitrogens with zero attached hydrogens (tertiary/aromatic N) is 3. The highest BCUT2D eigenvalue weighted by Crippen LogP contribution is 2.15. The molecule has 1 aliphatic rings. The second-order valence-corrected chi connectivity index (χ2v) is 7.25. The van der Waals surface area contributed by atoms with Crippen LogP contribution in [0.5, 0.6) is 0 Å². The van der Waals surface area contributed by atoms with Crippen LogP contribution in [0.1, 0.15) is 21.1 Å². The molecule has 5 nitrogen and oxygen atoms in total. The van der Waals surface area contributed by atoms with Gasteiger partial charge in [-0.2, -0.15) is 0 Å². The van der Waals surface area contributed by atoms with Crippen LogP contribution < -0.4 is 0 Å². The quantitative estimate of drug-likeness (QED) is 0.774. The van der Waals surface area contributed by atoms with E-state index in [1.165, 1.54) is 0 Å². The van der Waals surface area contributed by atoms with E-state index in [9.17, 15) is 9.59 Å². The molecule has 0 unspecified atom stereocenters. The maximum absolute atomic E-state index is 12.5. The molecular weight excluding hydrogens is 358 g/mol. The van der Waals surface area contributed by atoms with E-state index in [1.807, 2.05) is 12.3 Å². The first kappa shape index (κ1) is 17.6. The highest BCUT2D eigenvalue weighted by molar-refractivity contribution is 7.09. The Labute approximate surface area is 155 Å². The summed E-state index contributed by atoms with van der Waals surface area (Å²) >= 11 is 7.50. The van der Waals surface area contributed by atoms with E-state index in [-0.39, 0.29) is 11.8 Å². The fourth-order valence-electron chi connectivity index (χ4n) is 2.65. The van der Waals surface area contributed by atoms with Crippen LogP contribution in [0.2, 0.25) is 5.02 Å². The Kier molecular flexibility index (Phi) is 5.50. The minimum Gasteiger partial charge on any atom is -0.336 e. The molecule has 1 aromatic carbocycles. The lowest BCUT2D eigenvalue weighted by atomic mass is 10.2. The van der Waals surface area contributed by atoms with Crippen LogP contribution in [0.15, 0.2) is 35.7 Å². The van der Waals surface area contributed by atoms with Crippen molar-refractivity contribution < 1.29 is 9.59 Å². The fourth-order valence-corrected chi connectivity index (χ4v) is 3.42. The molecular formula is C18H18ClN3O2S. The summed E-state index contributed by atoms with van der Waals surface area (Å²) in [6, 6.07) is 6.93. The van der Waals surface area contributed by atoms with Crippen molar-refractivity contribution in [3.63, 3.8) is 0 Å². The Balaban J connectivity index is 1.55. The van der Waals surface area contributed by atoms with Gasteiger partial charge in [0.15, 0.2) is 0 Å². The lowest BCUT2D eigenvalue weighted by molar-refractivity contribution is -0.127. The van der Waals surface area contributed by atoms with Crippen molar-refractivity contribution in [3.05, 3.63) is 57.0 Å². The van der Waals surface area contributed by atoms with Crippen molar-refractivity contribution in [2.45, 2.75) is 6.92 Å². The smallest absolute Gasteiger partial charge is 0.254 e. The van der Waals surface area contributed by atoms with Crippen LogP contribution in [-0.4, -0.2) is 52.8 Å². The van der Waals surface area contributed by atoms with Crippen molar-refractivity contribution in [1.82, 2.24) is 14.8 Å². The van der Waals surface area contributed by atoms with E-state index in [0.29, 0.717) is 36.8 Å². The largest absolute Gasteiger partial charge is 0.336 e. The van der Waals surface area contributed by atoms with Crippen LogP contribution in [0.25, 0.3) is 6.08 Å². The lowest BCUT2D eigenvalue weighted by Gasteiger charge is -2.34. The predicted octanol–water partition coefficient (Wildman–Crippen LogP) is 3.10. The first-order valence-electron chi connectivity index (χ1n) is 7.97. The van der Waals surface area contributed by atoms with Gasteiger partial charge >= 0.3 is 0 Å². The molecule has 0 atom stereocenters. The number of benzene rings is 1. The molecule has 0 saturated carbocycles. The second kappa shape index (κ2) is 7.80. The Morgan fingerprint density at radius 1 is 1.20 bits per heavy atom. The van der Waals surface area contributed by atoms with Gasteiger partial charge in [-0.1, -0.05) is 17.7 Å². The summed E-state index contributed by atoms with van der Waals surface area (Å²) in [6.07, 6.45) is 3.28. The number of aromatic nitrogens is 1. The first-order chi connectivity index (χ1) is 12.0. The van der Waals surface area contributed by atoms with Crippen molar-refractivity contribution in [2.75, 3.05) is 26.2 Å². The number of halogens is 1.